The van der Waals surface area contributed by atoms with Gasteiger partial charge >= 0.3 is 147 Å². The Morgan fingerprint density at radius 1 is 1.41 bits per heavy atom. The van der Waals surface area contributed by atoms with Crippen LogP contribution in [0.5, 0.6) is 0 Å². The molecule has 0 aromatic carbocycles. The van der Waals surface area contributed by atoms with E-state index in [9.17, 15) is 31.9 Å². The average Bonchev–Trinajstić information content (AvgIpc) is 3.11. The summed E-state index contributed by atoms with van der Waals surface area (Å²) in [6.45, 7) is 0. The fraction of sp³-hybridized carbons (Fsp3) is 0.909. The van der Waals surface area contributed by atoms with Gasteiger partial charge in [-0.1, -0.05) is 0 Å². The van der Waals surface area contributed by atoms with Crippen molar-refractivity contribution in [2.45, 2.75) is 44.6 Å². The second-order valence-corrected chi connectivity index (χ2v) is 9.59. The first-order valence-corrected chi connectivity index (χ1v) is 9.96. The molecule has 128 valence electrons. The third-order valence-corrected chi connectivity index (χ3v) is 9.15. The van der Waals surface area contributed by atoms with Gasteiger partial charge in [0.2, 0.25) is 0 Å². The van der Waals surface area contributed by atoms with Gasteiger partial charge in [-0.05, 0) is 0 Å². The summed E-state index contributed by atoms with van der Waals surface area (Å²) in [4.78, 5) is 11.8. The molecule has 2 saturated carbocycles. The van der Waals surface area contributed by atoms with Crippen molar-refractivity contribution in [1.29, 1.82) is 0 Å². The number of esters is 1. The third-order valence-electron chi connectivity index (χ3n) is 4.49. The zero-order valence-corrected chi connectivity index (χ0v) is 15.0. The summed E-state index contributed by atoms with van der Waals surface area (Å²) in [7, 11) is 0. The van der Waals surface area contributed by atoms with Crippen molar-refractivity contribution in [3.05, 3.63) is 0 Å². The zero-order chi connectivity index (χ0) is 16.5. The van der Waals surface area contributed by atoms with E-state index in [-0.39, 0.29) is 25.5 Å². The predicted octanol–water partition coefficient (Wildman–Crippen LogP) is -1.40. The Hall–Kier alpha value is 0.500. The summed E-state index contributed by atoms with van der Waals surface area (Å²) in [5, 5.41) is 9.58. The third kappa shape index (κ3) is 2.36. The number of carbonyl (C=O) groups excluding carboxylic acids is 1. The molecule has 0 spiro atoms. The van der Waals surface area contributed by atoms with Gasteiger partial charge in [0.1, 0.15) is 0 Å². The molecule has 11 heteroatoms. The molecule has 2 aliphatic carbocycles. The first-order valence-electron chi connectivity index (χ1n) is 6.39. The van der Waals surface area contributed by atoms with Crippen molar-refractivity contribution in [3.63, 3.8) is 0 Å². The van der Waals surface area contributed by atoms with E-state index in [0.717, 1.165) is 0 Å². The van der Waals surface area contributed by atoms with E-state index in [1.165, 1.54) is 0 Å². The number of fused-ring (bicyclic) bond motifs is 2. The molecule has 1 heterocycles. The summed E-state index contributed by atoms with van der Waals surface area (Å²) in [5.74, 6) is -8.48. The van der Waals surface area contributed by atoms with Crippen LogP contribution in [-0.2, 0) is 9.53 Å². The van der Waals surface area contributed by atoms with Gasteiger partial charge in [0, 0.05) is 0 Å². The summed E-state index contributed by atoms with van der Waals surface area (Å²) in [6.07, 6.45) is -7.58. The number of ether oxygens (including phenoxy) is 1. The molecule has 4 nitrogen and oxygen atoms in total. The van der Waals surface area contributed by atoms with Crippen molar-refractivity contribution in [1.82, 2.24) is 3.53 Å². The fourth-order valence-electron chi connectivity index (χ4n) is 3.31. The van der Waals surface area contributed by atoms with Crippen LogP contribution in [-0.4, -0.2) is 42.9 Å². The van der Waals surface area contributed by atoms with Gasteiger partial charge in [-0.15, -0.1) is 0 Å². The van der Waals surface area contributed by atoms with Crippen molar-refractivity contribution in [2.24, 2.45) is 11.8 Å². The molecule has 0 radical (unpaired) electrons. The number of rotatable bonds is 3. The molecule has 22 heavy (non-hydrogen) atoms. The molecule has 3 aliphatic rings. The molecule has 1 aliphatic heterocycles. The van der Waals surface area contributed by atoms with Gasteiger partial charge in [-0.3, -0.25) is 0 Å². The molecule has 2 bridgehead atoms. The van der Waals surface area contributed by atoms with E-state index >= 15 is 0 Å². The van der Waals surface area contributed by atoms with E-state index in [2.05, 4.69) is 3.53 Å². The molecule has 2 N–H and O–H groups in total. The summed E-state index contributed by atoms with van der Waals surface area (Å²) in [6, 6.07) is 0. The number of aliphatic hydroxyl groups is 1. The van der Waals surface area contributed by atoms with E-state index < -0.39 is 58.4 Å². The van der Waals surface area contributed by atoms with E-state index in [1.807, 2.05) is 22.6 Å². The standard InChI is InChI=1S/C11H11F5I2NO3/c12-10(13)4-1-3(9(10,21)11(14,15)16)2-5(4)22-8(20)6(17)7-18-19-7/h3-7,19,21H,1-2H2/q-1. The second kappa shape index (κ2) is 5.25. The maximum atomic E-state index is 14.1. The number of hydrogen-bond acceptors (Lipinski definition) is 4. The van der Waals surface area contributed by atoms with Crippen molar-refractivity contribution in [2.75, 3.05) is 0 Å². The van der Waals surface area contributed by atoms with Crippen LogP contribution in [0, 0.1) is 11.8 Å². The van der Waals surface area contributed by atoms with E-state index in [0.29, 0.717) is 0 Å². The van der Waals surface area contributed by atoms with E-state index in [4.69, 9.17) is 4.74 Å². The quantitative estimate of drug-likeness (QED) is 0.0859. The van der Waals surface area contributed by atoms with Gasteiger partial charge in [0.15, 0.2) is 0 Å². The Balaban J connectivity index is 1.75. The first kappa shape index (κ1) is 17.3. The number of alkyl halides is 7. The molecule has 6 atom stereocenters. The Labute approximate surface area is 146 Å². The molecular formula is C11H11F5I2NO3-. The Morgan fingerprint density at radius 3 is 2.45 bits per heavy atom. The molecule has 0 aromatic rings. The Bertz CT molecular complexity index is 501. The van der Waals surface area contributed by atoms with Gasteiger partial charge in [-0.2, -0.15) is 0 Å². The molecule has 0 aromatic heterocycles. The van der Waals surface area contributed by atoms with Gasteiger partial charge < -0.3 is 0 Å². The fourth-order valence-corrected chi connectivity index (χ4v) is 6.41. The van der Waals surface area contributed by atoms with Crippen molar-refractivity contribution < 1.29 is 58.1 Å². The van der Waals surface area contributed by atoms with Crippen LogP contribution in [0.1, 0.15) is 12.8 Å². The normalized spacial score (nSPS) is 44.3. The number of carbonyl (C=O) groups is 1. The van der Waals surface area contributed by atoms with E-state index in [1.54, 1.807) is 0 Å². The number of halogens is 7. The summed E-state index contributed by atoms with van der Waals surface area (Å²) in [5.41, 5.74) is -4.03. The predicted molar refractivity (Wildman–Crippen MR) is 66.8 cm³/mol. The summed E-state index contributed by atoms with van der Waals surface area (Å²) >= 11 is 1.57. The van der Waals surface area contributed by atoms with Crippen LogP contribution in [0.3, 0.4) is 0 Å². The number of hydrogen-bond donors (Lipinski definition) is 2. The van der Waals surface area contributed by atoms with Crippen LogP contribution in [0.15, 0.2) is 0 Å². The van der Waals surface area contributed by atoms with Crippen LogP contribution in [0.25, 0.3) is 0 Å². The molecule has 3 rings (SSSR count). The zero-order valence-electron chi connectivity index (χ0n) is 10.7. The minimum atomic E-state index is -5.42. The molecule has 3 fully saturated rings. The van der Waals surface area contributed by atoms with Crippen LogP contribution >= 0.6 is 22.6 Å². The van der Waals surface area contributed by atoms with Gasteiger partial charge in [-0.25, -0.2) is 0 Å². The van der Waals surface area contributed by atoms with Crippen molar-refractivity contribution in [3.8, 4) is 0 Å². The number of nitrogens with one attached hydrogen (secondary N) is 1. The molecule has 1 saturated heterocycles. The maximum absolute atomic E-state index is 14.1. The van der Waals surface area contributed by atoms with Crippen LogP contribution in [0.4, 0.5) is 22.0 Å². The molecular weight excluding hydrogens is 543 g/mol. The summed E-state index contributed by atoms with van der Waals surface area (Å²) < 4.78 is 74.4. The van der Waals surface area contributed by atoms with Gasteiger partial charge in [0.05, 0.1) is 0 Å². The average molecular weight is 554 g/mol. The monoisotopic (exact) mass is 554 g/mol. The Morgan fingerprint density at radius 2 is 2.00 bits per heavy atom. The molecule has 6 unspecified atom stereocenters. The van der Waals surface area contributed by atoms with Crippen LogP contribution in [0.2, 0.25) is 0 Å². The van der Waals surface area contributed by atoms with Crippen molar-refractivity contribution >= 4 is 28.6 Å². The first-order chi connectivity index (χ1) is 10.00. The Kier molecular flexibility index (Phi) is 4.13. The minimum absolute atomic E-state index is 0.0260. The second-order valence-electron chi connectivity index (χ2n) is 5.66. The topological polar surface area (TPSA) is 68.5 Å². The van der Waals surface area contributed by atoms with Gasteiger partial charge in [0.25, 0.3) is 0 Å². The van der Waals surface area contributed by atoms with Crippen LogP contribution < -0.4 is 25.0 Å². The molecule has 0 amide bonds. The SMILES string of the molecule is O=C(OC1CC2CC1C(F)(F)C2(O)C(F)(F)F)C(I)C1N[I-]1.